The van der Waals surface area contributed by atoms with E-state index in [-0.39, 0.29) is 0 Å². The minimum absolute atomic E-state index is 0.771. The molecular formula is C11H18N4O. The number of rotatable bonds is 3. The highest BCUT2D eigenvalue weighted by atomic mass is 16.5. The van der Waals surface area contributed by atoms with E-state index in [4.69, 9.17) is 4.74 Å². The molecule has 2 rings (SSSR count). The second kappa shape index (κ2) is 5.65. The zero-order valence-corrected chi connectivity index (χ0v) is 9.65. The number of hydrogen-bond acceptors (Lipinski definition) is 5. The summed E-state index contributed by atoms with van der Waals surface area (Å²) in [4.78, 5) is 10.9. The van der Waals surface area contributed by atoms with Gasteiger partial charge in [0.25, 0.3) is 0 Å². The largest absolute Gasteiger partial charge is 0.380 e. The third-order valence-electron chi connectivity index (χ3n) is 2.53. The molecule has 1 aliphatic rings. The molecular weight excluding hydrogens is 204 g/mol. The van der Waals surface area contributed by atoms with Crippen molar-refractivity contribution >= 4 is 11.6 Å². The molecule has 0 aliphatic carbocycles. The molecule has 88 valence electrons. The average molecular weight is 222 g/mol. The monoisotopic (exact) mass is 222 g/mol. The molecule has 0 spiro atoms. The molecule has 0 unspecified atom stereocenters. The lowest BCUT2D eigenvalue weighted by Gasteiger charge is -2.20. The van der Waals surface area contributed by atoms with Gasteiger partial charge in [-0.3, -0.25) is 4.98 Å². The van der Waals surface area contributed by atoms with Gasteiger partial charge >= 0.3 is 0 Å². The minimum Gasteiger partial charge on any atom is -0.380 e. The molecule has 1 fully saturated rings. The summed E-state index contributed by atoms with van der Waals surface area (Å²) >= 11 is 0. The summed E-state index contributed by atoms with van der Waals surface area (Å²) in [6.45, 7) is 6.41. The van der Waals surface area contributed by atoms with Gasteiger partial charge in [-0.25, -0.2) is 4.98 Å². The highest BCUT2D eigenvalue weighted by Gasteiger charge is 2.11. The van der Waals surface area contributed by atoms with Crippen molar-refractivity contribution in [3.05, 3.63) is 12.4 Å². The Morgan fingerprint density at radius 1 is 1.38 bits per heavy atom. The van der Waals surface area contributed by atoms with Crippen LogP contribution < -0.4 is 10.2 Å². The van der Waals surface area contributed by atoms with Crippen molar-refractivity contribution in [2.24, 2.45) is 0 Å². The molecule has 0 aromatic carbocycles. The number of aromatic nitrogens is 2. The molecule has 0 saturated carbocycles. The normalized spacial score (nSPS) is 16.9. The van der Waals surface area contributed by atoms with E-state index < -0.39 is 0 Å². The molecule has 1 aliphatic heterocycles. The maximum absolute atomic E-state index is 5.42. The van der Waals surface area contributed by atoms with E-state index in [1.165, 1.54) is 0 Å². The summed E-state index contributed by atoms with van der Waals surface area (Å²) in [5.41, 5.74) is 0. The van der Waals surface area contributed by atoms with E-state index in [1.807, 2.05) is 13.1 Å². The van der Waals surface area contributed by atoms with Crippen LogP contribution in [0.1, 0.15) is 13.3 Å². The van der Waals surface area contributed by atoms with Crippen molar-refractivity contribution in [2.75, 3.05) is 43.1 Å². The lowest BCUT2D eigenvalue weighted by molar-refractivity contribution is 0.152. The van der Waals surface area contributed by atoms with E-state index in [0.717, 1.165) is 50.9 Å². The van der Waals surface area contributed by atoms with Crippen LogP contribution in [0.25, 0.3) is 0 Å². The average Bonchev–Trinajstić information content (AvgIpc) is 2.58. The third-order valence-corrected chi connectivity index (χ3v) is 2.53. The first-order valence-corrected chi connectivity index (χ1v) is 5.79. The topological polar surface area (TPSA) is 50.3 Å². The smallest absolute Gasteiger partial charge is 0.149 e. The van der Waals surface area contributed by atoms with Crippen LogP contribution >= 0.6 is 0 Å². The van der Waals surface area contributed by atoms with Crippen LogP contribution in [0.3, 0.4) is 0 Å². The van der Waals surface area contributed by atoms with Crippen molar-refractivity contribution in [3.8, 4) is 0 Å². The van der Waals surface area contributed by atoms with Crippen molar-refractivity contribution in [1.82, 2.24) is 9.97 Å². The number of nitrogens with zero attached hydrogens (tertiary/aromatic N) is 3. The summed E-state index contributed by atoms with van der Waals surface area (Å²) < 4.78 is 5.42. The van der Waals surface area contributed by atoms with Gasteiger partial charge in [0.05, 0.1) is 19.0 Å². The van der Waals surface area contributed by atoms with Crippen LogP contribution in [0.4, 0.5) is 11.6 Å². The molecule has 0 radical (unpaired) electrons. The highest BCUT2D eigenvalue weighted by molar-refractivity contribution is 5.43. The Morgan fingerprint density at radius 3 is 3.19 bits per heavy atom. The summed E-state index contributed by atoms with van der Waals surface area (Å²) in [6, 6.07) is 0. The maximum Gasteiger partial charge on any atom is 0.149 e. The second-order valence-corrected chi connectivity index (χ2v) is 3.75. The quantitative estimate of drug-likeness (QED) is 0.831. The van der Waals surface area contributed by atoms with Crippen LogP contribution in [-0.4, -0.2) is 42.8 Å². The fraction of sp³-hybridized carbons (Fsp3) is 0.636. The van der Waals surface area contributed by atoms with Crippen LogP contribution in [0.2, 0.25) is 0 Å². The molecule has 0 amide bonds. The van der Waals surface area contributed by atoms with Gasteiger partial charge in [0.1, 0.15) is 11.6 Å². The van der Waals surface area contributed by atoms with Gasteiger partial charge in [0.15, 0.2) is 0 Å². The lowest BCUT2D eigenvalue weighted by atomic mass is 10.4. The van der Waals surface area contributed by atoms with Gasteiger partial charge in [-0.1, -0.05) is 0 Å². The molecule has 1 N–H and O–H groups in total. The Morgan fingerprint density at radius 2 is 2.31 bits per heavy atom. The van der Waals surface area contributed by atoms with Crippen molar-refractivity contribution in [2.45, 2.75) is 13.3 Å². The zero-order valence-electron chi connectivity index (χ0n) is 9.65. The van der Waals surface area contributed by atoms with E-state index in [9.17, 15) is 0 Å². The Balaban J connectivity index is 2.08. The van der Waals surface area contributed by atoms with Crippen molar-refractivity contribution in [3.63, 3.8) is 0 Å². The van der Waals surface area contributed by atoms with Crippen LogP contribution in [0.15, 0.2) is 12.4 Å². The Kier molecular flexibility index (Phi) is 3.93. The Bertz CT molecular complexity index is 324. The summed E-state index contributed by atoms with van der Waals surface area (Å²) in [6.07, 6.45) is 4.61. The molecule has 1 aromatic heterocycles. The van der Waals surface area contributed by atoms with Gasteiger partial charge in [-0.2, -0.15) is 0 Å². The van der Waals surface area contributed by atoms with E-state index in [2.05, 4.69) is 20.2 Å². The standard InChI is InChI=1S/C11H18N4O/c1-2-13-10-8-12-9-11(14-10)15-4-3-6-16-7-5-15/h8-9H,2-7H2,1H3,(H,13,14). The Labute approximate surface area is 95.8 Å². The Hall–Kier alpha value is -1.36. The molecule has 1 saturated heterocycles. The molecule has 16 heavy (non-hydrogen) atoms. The number of anilines is 2. The molecule has 1 aromatic rings. The molecule has 5 heteroatoms. The fourth-order valence-electron chi connectivity index (χ4n) is 1.75. The number of ether oxygens (including phenoxy) is 1. The SMILES string of the molecule is CCNc1cncc(N2CCCOCC2)n1. The van der Waals surface area contributed by atoms with Gasteiger partial charge in [0.2, 0.25) is 0 Å². The first-order chi connectivity index (χ1) is 7.90. The van der Waals surface area contributed by atoms with Crippen LogP contribution in [0, 0.1) is 0 Å². The van der Waals surface area contributed by atoms with Gasteiger partial charge in [-0.15, -0.1) is 0 Å². The van der Waals surface area contributed by atoms with Crippen LogP contribution in [0.5, 0.6) is 0 Å². The minimum atomic E-state index is 0.771. The van der Waals surface area contributed by atoms with Gasteiger partial charge < -0.3 is 15.0 Å². The predicted molar refractivity (Wildman–Crippen MR) is 63.8 cm³/mol. The zero-order chi connectivity index (χ0) is 11.2. The van der Waals surface area contributed by atoms with E-state index in [1.54, 1.807) is 6.20 Å². The van der Waals surface area contributed by atoms with E-state index >= 15 is 0 Å². The van der Waals surface area contributed by atoms with Crippen molar-refractivity contribution in [1.29, 1.82) is 0 Å². The van der Waals surface area contributed by atoms with Crippen LogP contribution in [-0.2, 0) is 4.74 Å². The maximum atomic E-state index is 5.42. The molecule has 0 bridgehead atoms. The first-order valence-electron chi connectivity index (χ1n) is 5.79. The molecule has 5 nitrogen and oxygen atoms in total. The molecule has 2 heterocycles. The predicted octanol–water partition coefficient (Wildman–Crippen LogP) is 1.14. The number of hydrogen-bond donors (Lipinski definition) is 1. The second-order valence-electron chi connectivity index (χ2n) is 3.75. The highest BCUT2D eigenvalue weighted by Crippen LogP contribution is 2.13. The summed E-state index contributed by atoms with van der Waals surface area (Å²) in [5, 5.41) is 3.17. The fourth-order valence-corrected chi connectivity index (χ4v) is 1.75. The molecule has 0 atom stereocenters. The summed E-state index contributed by atoms with van der Waals surface area (Å²) in [5.74, 6) is 1.77. The van der Waals surface area contributed by atoms with Crippen molar-refractivity contribution < 1.29 is 4.74 Å². The first kappa shape index (κ1) is 11.1. The van der Waals surface area contributed by atoms with Gasteiger partial charge in [-0.05, 0) is 13.3 Å². The van der Waals surface area contributed by atoms with Gasteiger partial charge in [0, 0.05) is 26.2 Å². The lowest BCUT2D eigenvalue weighted by Crippen LogP contribution is -2.27. The third kappa shape index (κ3) is 2.82. The number of nitrogens with one attached hydrogen (secondary N) is 1. The summed E-state index contributed by atoms with van der Waals surface area (Å²) in [7, 11) is 0. The van der Waals surface area contributed by atoms with E-state index in [0.29, 0.717) is 0 Å².